The van der Waals surface area contributed by atoms with Crippen molar-refractivity contribution < 1.29 is 9.59 Å². The SMILES string of the molecule is CCCCCCCCc1c(C)nn(C(=O)CCC(=O)Nc2ccccc2)c1C. The highest BCUT2D eigenvalue weighted by atomic mass is 16.2. The van der Waals surface area contributed by atoms with Crippen LogP contribution in [0.1, 0.15) is 80.0 Å². The van der Waals surface area contributed by atoms with Gasteiger partial charge in [-0.15, -0.1) is 0 Å². The zero-order valence-electron chi connectivity index (χ0n) is 17.5. The van der Waals surface area contributed by atoms with E-state index in [0.717, 1.165) is 29.9 Å². The van der Waals surface area contributed by atoms with Crippen LogP contribution in [-0.4, -0.2) is 21.6 Å². The van der Waals surface area contributed by atoms with Crippen molar-refractivity contribution in [2.24, 2.45) is 0 Å². The predicted molar refractivity (Wildman–Crippen MR) is 114 cm³/mol. The summed E-state index contributed by atoms with van der Waals surface area (Å²) in [5.74, 6) is -0.286. The first-order valence-corrected chi connectivity index (χ1v) is 10.5. The van der Waals surface area contributed by atoms with Crippen LogP contribution in [0.4, 0.5) is 5.69 Å². The third kappa shape index (κ3) is 6.63. The van der Waals surface area contributed by atoms with Gasteiger partial charge in [0.25, 0.3) is 0 Å². The van der Waals surface area contributed by atoms with Crippen LogP contribution in [0.2, 0.25) is 0 Å². The van der Waals surface area contributed by atoms with Crippen molar-refractivity contribution in [2.45, 2.75) is 78.6 Å². The summed E-state index contributed by atoms with van der Waals surface area (Å²) in [6.45, 7) is 6.14. The fraction of sp³-hybridized carbons (Fsp3) is 0.522. The fourth-order valence-electron chi connectivity index (χ4n) is 3.43. The smallest absolute Gasteiger partial charge is 0.247 e. The Morgan fingerprint density at radius 1 is 0.964 bits per heavy atom. The summed E-state index contributed by atoms with van der Waals surface area (Å²) in [5.41, 5.74) is 3.76. The summed E-state index contributed by atoms with van der Waals surface area (Å²) < 4.78 is 1.48. The van der Waals surface area contributed by atoms with Crippen LogP contribution in [-0.2, 0) is 11.2 Å². The topological polar surface area (TPSA) is 64.0 Å². The van der Waals surface area contributed by atoms with Crippen molar-refractivity contribution in [1.29, 1.82) is 0 Å². The molecule has 1 amide bonds. The lowest BCUT2D eigenvalue weighted by Gasteiger charge is -2.06. The van der Waals surface area contributed by atoms with Crippen molar-refractivity contribution in [2.75, 3.05) is 5.32 Å². The molecule has 0 aliphatic rings. The van der Waals surface area contributed by atoms with Crippen LogP contribution in [0.15, 0.2) is 30.3 Å². The third-order valence-corrected chi connectivity index (χ3v) is 5.08. The highest BCUT2D eigenvalue weighted by molar-refractivity contribution is 5.93. The first-order valence-electron chi connectivity index (χ1n) is 10.5. The zero-order chi connectivity index (χ0) is 20.4. The molecule has 1 N–H and O–H groups in total. The minimum Gasteiger partial charge on any atom is -0.326 e. The number of amides is 1. The monoisotopic (exact) mass is 383 g/mol. The molecule has 0 saturated heterocycles. The molecule has 0 aliphatic carbocycles. The van der Waals surface area contributed by atoms with Gasteiger partial charge in [-0.25, -0.2) is 4.68 Å². The summed E-state index contributed by atoms with van der Waals surface area (Å²) in [6, 6.07) is 9.28. The van der Waals surface area contributed by atoms with E-state index in [0.29, 0.717) is 0 Å². The molecule has 28 heavy (non-hydrogen) atoms. The van der Waals surface area contributed by atoms with E-state index in [1.54, 1.807) is 0 Å². The highest BCUT2D eigenvalue weighted by Gasteiger charge is 2.17. The maximum absolute atomic E-state index is 12.6. The molecule has 1 aromatic heterocycles. The maximum atomic E-state index is 12.6. The van der Waals surface area contributed by atoms with Gasteiger partial charge in [-0.3, -0.25) is 9.59 Å². The van der Waals surface area contributed by atoms with Gasteiger partial charge in [-0.1, -0.05) is 57.2 Å². The van der Waals surface area contributed by atoms with Crippen LogP contribution >= 0.6 is 0 Å². The Morgan fingerprint density at radius 2 is 1.64 bits per heavy atom. The standard InChI is InChI=1S/C23H33N3O2/c1-4-5-6-7-8-12-15-21-18(2)25-26(19(21)3)23(28)17-16-22(27)24-20-13-10-9-11-14-20/h9-11,13-14H,4-8,12,15-17H2,1-3H3,(H,24,27). The van der Waals surface area contributed by atoms with Crippen molar-refractivity contribution in [3.05, 3.63) is 47.3 Å². The third-order valence-electron chi connectivity index (χ3n) is 5.08. The van der Waals surface area contributed by atoms with E-state index < -0.39 is 0 Å². The Bertz CT molecular complexity index is 766. The van der Waals surface area contributed by atoms with Crippen molar-refractivity contribution in [3.8, 4) is 0 Å². The number of carbonyl (C=O) groups is 2. The zero-order valence-corrected chi connectivity index (χ0v) is 17.5. The number of nitrogens with zero attached hydrogens (tertiary/aromatic N) is 2. The van der Waals surface area contributed by atoms with Crippen LogP contribution in [0.3, 0.4) is 0 Å². The molecule has 5 nitrogen and oxygen atoms in total. The number of aryl methyl sites for hydroxylation is 1. The van der Waals surface area contributed by atoms with Crippen molar-refractivity contribution in [1.82, 2.24) is 9.78 Å². The molecular formula is C23H33N3O2. The Morgan fingerprint density at radius 3 is 2.36 bits per heavy atom. The average molecular weight is 384 g/mol. The summed E-state index contributed by atoms with van der Waals surface area (Å²) >= 11 is 0. The first-order chi connectivity index (χ1) is 13.5. The summed E-state index contributed by atoms with van der Waals surface area (Å²) in [4.78, 5) is 24.6. The van der Waals surface area contributed by atoms with E-state index in [4.69, 9.17) is 0 Å². The quantitative estimate of drug-likeness (QED) is 0.524. The molecule has 1 heterocycles. The molecule has 0 unspecified atom stereocenters. The number of unbranched alkanes of at least 4 members (excludes halogenated alkanes) is 5. The van der Waals surface area contributed by atoms with Gasteiger partial charge in [0, 0.05) is 24.2 Å². The molecule has 0 saturated carbocycles. The molecule has 2 rings (SSSR count). The van der Waals surface area contributed by atoms with E-state index >= 15 is 0 Å². The van der Waals surface area contributed by atoms with Gasteiger partial charge in [-0.05, 0) is 44.4 Å². The Balaban J connectivity index is 1.83. The minimum atomic E-state index is -0.159. The minimum absolute atomic E-state index is 0.127. The van der Waals surface area contributed by atoms with Gasteiger partial charge in [0.05, 0.1) is 5.69 Å². The predicted octanol–water partition coefficient (Wildman–Crippen LogP) is 5.46. The van der Waals surface area contributed by atoms with Gasteiger partial charge in [0.15, 0.2) is 0 Å². The van der Waals surface area contributed by atoms with E-state index in [9.17, 15) is 9.59 Å². The van der Waals surface area contributed by atoms with E-state index in [2.05, 4.69) is 17.3 Å². The Kier molecular flexibility index (Phi) is 8.92. The molecule has 0 bridgehead atoms. The normalized spacial score (nSPS) is 10.8. The molecule has 0 atom stereocenters. The van der Waals surface area contributed by atoms with Gasteiger partial charge >= 0.3 is 0 Å². The number of aromatic nitrogens is 2. The molecule has 0 fully saturated rings. The Labute approximate surface area is 168 Å². The number of carbonyl (C=O) groups excluding carboxylic acids is 2. The molecular weight excluding hydrogens is 350 g/mol. The number of hydrogen-bond acceptors (Lipinski definition) is 3. The van der Waals surface area contributed by atoms with Crippen molar-refractivity contribution in [3.63, 3.8) is 0 Å². The number of anilines is 1. The van der Waals surface area contributed by atoms with E-state index in [1.807, 2.05) is 44.2 Å². The molecule has 0 aliphatic heterocycles. The van der Waals surface area contributed by atoms with Crippen LogP contribution in [0, 0.1) is 13.8 Å². The largest absolute Gasteiger partial charge is 0.326 e. The summed E-state index contributed by atoms with van der Waals surface area (Å²) in [6.07, 6.45) is 8.76. The van der Waals surface area contributed by atoms with E-state index in [-0.39, 0.29) is 24.7 Å². The fourth-order valence-corrected chi connectivity index (χ4v) is 3.43. The second-order valence-corrected chi connectivity index (χ2v) is 7.39. The number of nitrogens with one attached hydrogen (secondary N) is 1. The molecule has 0 spiro atoms. The van der Waals surface area contributed by atoms with Crippen LogP contribution in [0.5, 0.6) is 0 Å². The highest BCUT2D eigenvalue weighted by Crippen LogP contribution is 2.18. The lowest BCUT2D eigenvalue weighted by Crippen LogP contribution is -2.18. The van der Waals surface area contributed by atoms with Crippen molar-refractivity contribution >= 4 is 17.5 Å². The molecule has 0 radical (unpaired) electrons. The number of para-hydroxylation sites is 1. The maximum Gasteiger partial charge on any atom is 0.247 e. The summed E-state index contributed by atoms with van der Waals surface area (Å²) in [7, 11) is 0. The lowest BCUT2D eigenvalue weighted by atomic mass is 10.0. The number of benzene rings is 1. The van der Waals surface area contributed by atoms with E-state index in [1.165, 1.54) is 42.3 Å². The Hall–Kier alpha value is -2.43. The summed E-state index contributed by atoms with van der Waals surface area (Å²) in [5, 5.41) is 7.24. The lowest BCUT2D eigenvalue weighted by molar-refractivity contribution is -0.116. The molecule has 152 valence electrons. The van der Waals surface area contributed by atoms with Gasteiger partial charge in [-0.2, -0.15) is 5.10 Å². The van der Waals surface area contributed by atoms with Crippen LogP contribution < -0.4 is 5.32 Å². The van der Waals surface area contributed by atoms with Gasteiger partial charge in [0.1, 0.15) is 0 Å². The van der Waals surface area contributed by atoms with Gasteiger partial charge < -0.3 is 5.32 Å². The number of hydrogen-bond donors (Lipinski definition) is 1. The molecule has 5 heteroatoms. The average Bonchev–Trinajstić information content (AvgIpc) is 2.97. The molecule has 2 aromatic rings. The second-order valence-electron chi connectivity index (χ2n) is 7.39. The van der Waals surface area contributed by atoms with Crippen LogP contribution in [0.25, 0.3) is 0 Å². The second kappa shape index (κ2) is 11.4. The molecule has 1 aromatic carbocycles. The first kappa shape index (κ1) is 21.9. The number of rotatable bonds is 11. The van der Waals surface area contributed by atoms with Gasteiger partial charge in [0.2, 0.25) is 11.8 Å².